The van der Waals surface area contributed by atoms with Crippen molar-refractivity contribution in [1.82, 2.24) is 0 Å². The lowest BCUT2D eigenvalue weighted by molar-refractivity contribution is -0.00392. The van der Waals surface area contributed by atoms with E-state index in [0.29, 0.717) is 0 Å². The first kappa shape index (κ1) is 18.6. The van der Waals surface area contributed by atoms with E-state index in [1.807, 2.05) is 0 Å². The van der Waals surface area contributed by atoms with Crippen molar-refractivity contribution in [2.75, 3.05) is 6.61 Å². The molecule has 104 valence electrons. The van der Waals surface area contributed by atoms with Crippen LogP contribution in [0.2, 0.25) is 0 Å². The molecular weight excluding hydrogens is 353 g/mol. The summed E-state index contributed by atoms with van der Waals surface area (Å²) in [6, 6.07) is 0. The molecule has 0 aliphatic heterocycles. The third kappa shape index (κ3) is 11.2. The number of alkyl halides is 3. The second kappa shape index (κ2) is 6.87. The summed E-state index contributed by atoms with van der Waals surface area (Å²) < 4.78 is 19.3. The molecular formula is C7H13Cl4O4PS. The summed E-state index contributed by atoms with van der Waals surface area (Å²) in [7, 11) is 0. The van der Waals surface area contributed by atoms with Crippen molar-refractivity contribution in [2.45, 2.75) is 35.1 Å². The Morgan fingerprint density at radius 1 is 1.41 bits per heavy atom. The summed E-state index contributed by atoms with van der Waals surface area (Å²) >= 11 is 26.0. The standard InChI is InChI=1S/C7H13Cl4O4PS/c1-5(2)14-4-6(17,3-7(8,9)10)15-16(11,12)13/h5,17H,3-4H2,1-2H3,(H,12,13). The van der Waals surface area contributed by atoms with E-state index in [9.17, 15) is 4.57 Å². The molecule has 0 spiro atoms. The lowest BCUT2D eigenvalue weighted by atomic mass is 10.3. The average molecular weight is 366 g/mol. The van der Waals surface area contributed by atoms with Crippen LogP contribution in [0.1, 0.15) is 20.3 Å². The number of thiol groups is 1. The molecule has 0 bridgehead atoms. The number of rotatable bonds is 6. The van der Waals surface area contributed by atoms with Crippen molar-refractivity contribution in [2.24, 2.45) is 0 Å². The van der Waals surface area contributed by atoms with Crippen molar-refractivity contribution >= 4 is 65.6 Å². The van der Waals surface area contributed by atoms with E-state index >= 15 is 0 Å². The Bertz CT molecular complexity index is 292. The summed E-state index contributed by atoms with van der Waals surface area (Å²) in [6.45, 7) is -0.914. The summed E-state index contributed by atoms with van der Waals surface area (Å²) in [4.78, 5) is 7.41. The SMILES string of the molecule is CC(C)OCC(S)(CC(Cl)(Cl)Cl)OP(=O)(O)Cl. The fourth-order valence-corrected chi connectivity index (χ4v) is 3.58. The maximum absolute atomic E-state index is 11.0. The first-order chi connectivity index (χ1) is 7.33. The second-order valence-corrected chi connectivity index (χ2v) is 9.34. The molecule has 17 heavy (non-hydrogen) atoms. The molecule has 0 aromatic carbocycles. The quantitative estimate of drug-likeness (QED) is 0.321. The minimum absolute atomic E-state index is 0.145. The predicted molar refractivity (Wildman–Crippen MR) is 74.5 cm³/mol. The van der Waals surface area contributed by atoms with Crippen molar-refractivity contribution in [3.8, 4) is 0 Å². The molecule has 0 aliphatic carbocycles. The maximum Gasteiger partial charge on any atom is 0.423 e. The van der Waals surface area contributed by atoms with E-state index in [-0.39, 0.29) is 19.1 Å². The van der Waals surface area contributed by atoms with Crippen LogP contribution in [0.15, 0.2) is 0 Å². The largest absolute Gasteiger partial charge is 0.423 e. The fourth-order valence-electron chi connectivity index (χ4n) is 0.929. The molecule has 0 rings (SSSR count). The molecule has 1 N–H and O–H groups in total. The Morgan fingerprint density at radius 3 is 2.18 bits per heavy atom. The van der Waals surface area contributed by atoms with Gasteiger partial charge in [-0.25, -0.2) is 4.57 Å². The van der Waals surface area contributed by atoms with E-state index in [1.165, 1.54) is 0 Å². The lowest BCUT2D eigenvalue weighted by Gasteiger charge is -2.31. The van der Waals surface area contributed by atoms with Crippen LogP contribution in [0.5, 0.6) is 0 Å². The van der Waals surface area contributed by atoms with Crippen molar-refractivity contribution < 1.29 is 18.7 Å². The molecule has 0 radical (unpaired) electrons. The van der Waals surface area contributed by atoms with Crippen LogP contribution in [-0.2, 0) is 13.8 Å². The highest BCUT2D eigenvalue weighted by Gasteiger charge is 2.41. The Hall–Kier alpha value is 1.62. The molecule has 0 saturated heterocycles. The number of ether oxygens (including phenoxy) is 1. The molecule has 0 aromatic heterocycles. The molecule has 0 aromatic rings. The first-order valence-electron chi connectivity index (χ1n) is 4.47. The minimum atomic E-state index is -4.29. The maximum atomic E-state index is 11.0. The van der Waals surface area contributed by atoms with Gasteiger partial charge in [-0.15, -0.1) is 12.6 Å². The predicted octanol–water partition coefficient (Wildman–Crippen LogP) is 4.15. The van der Waals surface area contributed by atoms with Crippen LogP contribution >= 0.6 is 65.6 Å². The minimum Gasteiger partial charge on any atom is -0.375 e. The van der Waals surface area contributed by atoms with Gasteiger partial charge >= 0.3 is 6.95 Å². The molecule has 0 saturated carbocycles. The molecule has 2 atom stereocenters. The van der Waals surface area contributed by atoms with Gasteiger partial charge in [-0.2, -0.15) is 0 Å². The Morgan fingerprint density at radius 2 is 1.88 bits per heavy atom. The molecule has 0 heterocycles. The van der Waals surface area contributed by atoms with Crippen LogP contribution in [0.3, 0.4) is 0 Å². The van der Waals surface area contributed by atoms with Crippen LogP contribution < -0.4 is 0 Å². The molecule has 0 fully saturated rings. The van der Waals surface area contributed by atoms with E-state index in [0.717, 1.165) is 0 Å². The fraction of sp³-hybridized carbons (Fsp3) is 1.00. The van der Waals surface area contributed by atoms with Gasteiger partial charge in [0.15, 0.2) is 3.79 Å². The van der Waals surface area contributed by atoms with Crippen molar-refractivity contribution in [1.29, 1.82) is 0 Å². The molecule has 0 amide bonds. The normalized spacial score (nSPS) is 20.1. The van der Waals surface area contributed by atoms with E-state index < -0.39 is 15.7 Å². The highest BCUT2D eigenvalue weighted by Crippen LogP contribution is 2.54. The third-order valence-corrected chi connectivity index (χ3v) is 3.11. The zero-order valence-corrected chi connectivity index (χ0v) is 13.9. The molecule has 4 nitrogen and oxygen atoms in total. The van der Waals surface area contributed by atoms with E-state index in [1.54, 1.807) is 13.8 Å². The van der Waals surface area contributed by atoms with Gasteiger partial charge in [0.2, 0.25) is 0 Å². The molecule has 2 unspecified atom stereocenters. The zero-order valence-electron chi connectivity index (χ0n) is 9.07. The van der Waals surface area contributed by atoms with Crippen LogP contribution in [0, 0.1) is 0 Å². The topological polar surface area (TPSA) is 55.8 Å². The van der Waals surface area contributed by atoms with Crippen LogP contribution in [-0.4, -0.2) is 26.3 Å². The van der Waals surface area contributed by atoms with E-state index in [2.05, 4.69) is 12.6 Å². The number of hydrogen-bond donors (Lipinski definition) is 2. The number of halogens is 4. The lowest BCUT2D eigenvalue weighted by Crippen LogP contribution is -2.35. The Labute approximate surface area is 126 Å². The second-order valence-electron chi connectivity index (χ2n) is 3.64. The van der Waals surface area contributed by atoms with Gasteiger partial charge in [-0.1, -0.05) is 34.8 Å². The van der Waals surface area contributed by atoms with Gasteiger partial charge < -0.3 is 9.63 Å². The van der Waals surface area contributed by atoms with Gasteiger partial charge in [-0.05, 0) is 13.8 Å². The van der Waals surface area contributed by atoms with Gasteiger partial charge in [-0.3, -0.25) is 4.52 Å². The Balaban J connectivity index is 4.75. The molecule has 10 heteroatoms. The number of hydrogen-bond acceptors (Lipinski definition) is 4. The highest BCUT2D eigenvalue weighted by molar-refractivity contribution is 7.84. The smallest absolute Gasteiger partial charge is 0.375 e. The monoisotopic (exact) mass is 364 g/mol. The van der Waals surface area contributed by atoms with Gasteiger partial charge in [0, 0.05) is 17.7 Å². The van der Waals surface area contributed by atoms with E-state index in [4.69, 9.17) is 60.2 Å². The summed E-state index contributed by atoms with van der Waals surface area (Å²) in [5, 5.41) is 0. The summed E-state index contributed by atoms with van der Waals surface area (Å²) in [6.07, 6.45) is -0.411. The molecule has 0 aliphatic rings. The summed E-state index contributed by atoms with van der Waals surface area (Å²) in [5.74, 6) is 0. The first-order valence-corrected chi connectivity index (χ1v) is 8.53. The summed E-state index contributed by atoms with van der Waals surface area (Å²) in [5.41, 5.74) is 0. The van der Waals surface area contributed by atoms with Gasteiger partial charge in [0.05, 0.1) is 12.7 Å². The van der Waals surface area contributed by atoms with Crippen LogP contribution in [0.25, 0.3) is 0 Å². The average Bonchev–Trinajstić information content (AvgIpc) is 1.93. The van der Waals surface area contributed by atoms with Crippen molar-refractivity contribution in [3.63, 3.8) is 0 Å². The third-order valence-electron chi connectivity index (χ3n) is 1.40. The van der Waals surface area contributed by atoms with Gasteiger partial charge in [0.25, 0.3) is 0 Å². The van der Waals surface area contributed by atoms with Crippen LogP contribution in [0.4, 0.5) is 0 Å². The highest BCUT2D eigenvalue weighted by atomic mass is 35.7. The Kier molecular flexibility index (Phi) is 7.52. The van der Waals surface area contributed by atoms with Gasteiger partial charge in [0.1, 0.15) is 4.93 Å². The van der Waals surface area contributed by atoms with Crippen molar-refractivity contribution in [3.05, 3.63) is 0 Å². The zero-order chi connectivity index (χ0) is 13.9.